The summed E-state index contributed by atoms with van der Waals surface area (Å²) in [7, 11) is -4.51. The summed E-state index contributed by atoms with van der Waals surface area (Å²) in [5.41, 5.74) is 0.380. The monoisotopic (exact) mass is 384 g/mol. The molecule has 4 aliphatic carbocycles. The predicted molar refractivity (Wildman–Crippen MR) is 94.5 cm³/mol. The van der Waals surface area contributed by atoms with Gasteiger partial charge in [-0.1, -0.05) is 18.6 Å². The second-order valence-electron chi connectivity index (χ2n) is 9.00. The lowest BCUT2D eigenvalue weighted by Gasteiger charge is -2.57. The zero-order chi connectivity index (χ0) is 18.7. The van der Waals surface area contributed by atoms with Crippen LogP contribution in [0.5, 0.6) is 0 Å². The van der Waals surface area contributed by atoms with Crippen molar-refractivity contribution in [2.45, 2.75) is 64.4 Å². The first-order valence-electron chi connectivity index (χ1n) is 9.68. The molecule has 0 amide bonds. The van der Waals surface area contributed by atoms with Gasteiger partial charge in [0.05, 0.1) is 12.7 Å². The molecule has 0 aromatic rings. The minimum atomic E-state index is -4.51. The van der Waals surface area contributed by atoms with Gasteiger partial charge in [-0.2, -0.15) is 8.42 Å². The standard InChI is InChI=1S/C19H28O6S/c1-18-8-7-16-14(15(18)4-5-17(18)21)3-2-12-10-13(20)6-9-19(12,16)11-25-26(22,23)24/h2,13-16,20H,3-11H2,1H3,(H,22,23,24)/t13-,14-,15-,16-,18-,19+/m0/s1. The van der Waals surface area contributed by atoms with Crippen molar-refractivity contribution in [2.24, 2.45) is 28.6 Å². The van der Waals surface area contributed by atoms with E-state index in [-0.39, 0.29) is 17.9 Å². The van der Waals surface area contributed by atoms with Crippen LogP contribution in [0.4, 0.5) is 0 Å². The zero-order valence-corrected chi connectivity index (χ0v) is 16.0. The highest BCUT2D eigenvalue weighted by Crippen LogP contribution is 2.64. The Bertz CT molecular complexity index is 743. The number of carbonyl (C=O) groups excluding carboxylic acids is 1. The quantitative estimate of drug-likeness (QED) is 0.573. The van der Waals surface area contributed by atoms with Crippen LogP contribution in [0.1, 0.15) is 58.3 Å². The Morgan fingerprint density at radius 2 is 2.00 bits per heavy atom. The van der Waals surface area contributed by atoms with Crippen LogP contribution in [0, 0.1) is 28.6 Å². The number of ketones is 1. The molecule has 3 fully saturated rings. The van der Waals surface area contributed by atoms with Crippen LogP contribution in [0.25, 0.3) is 0 Å². The number of aliphatic hydroxyl groups excluding tert-OH is 1. The Balaban J connectivity index is 1.71. The largest absolute Gasteiger partial charge is 0.397 e. The first-order valence-corrected chi connectivity index (χ1v) is 11.0. The smallest absolute Gasteiger partial charge is 0.393 e. The summed E-state index contributed by atoms with van der Waals surface area (Å²) in [5, 5.41) is 10.1. The molecular formula is C19H28O6S. The molecule has 26 heavy (non-hydrogen) atoms. The van der Waals surface area contributed by atoms with Gasteiger partial charge in [-0.15, -0.1) is 0 Å². The number of Topliss-reactive ketones (excluding diaryl/α,β-unsaturated/α-hetero) is 1. The van der Waals surface area contributed by atoms with Gasteiger partial charge in [0.25, 0.3) is 0 Å². The molecule has 0 spiro atoms. The van der Waals surface area contributed by atoms with Gasteiger partial charge in [-0.05, 0) is 62.7 Å². The van der Waals surface area contributed by atoms with Crippen molar-refractivity contribution in [1.29, 1.82) is 0 Å². The second-order valence-corrected chi connectivity index (χ2v) is 10.1. The fourth-order valence-corrected chi connectivity index (χ4v) is 7.02. The van der Waals surface area contributed by atoms with Crippen LogP contribution in [0.2, 0.25) is 0 Å². The summed E-state index contributed by atoms with van der Waals surface area (Å²) in [5.74, 6) is 1.28. The minimum absolute atomic E-state index is 0.0665. The number of hydrogen-bond acceptors (Lipinski definition) is 5. The normalized spacial score (nSPS) is 45.5. The lowest BCUT2D eigenvalue weighted by molar-refractivity contribution is -0.132. The van der Waals surface area contributed by atoms with E-state index in [1.807, 2.05) is 0 Å². The summed E-state index contributed by atoms with van der Waals surface area (Å²) in [6.45, 7) is 2.04. The van der Waals surface area contributed by atoms with Crippen molar-refractivity contribution in [3.05, 3.63) is 11.6 Å². The Kier molecular flexibility index (Phi) is 4.38. The third-order valence-electron chi connectivity index (χ3n) is 7.98. The molecule has 0 saturated heterocycles. The SMILES string of the molecule is C[C@]12CC[C@H]3[C@@H](CC=C4C[C@@H](O)CC[C@@]43COS(=O)(=O)O)[C@@H]1CCC2=O. The maximum atomic E-state index is 12.5. The van der Waals surface area contributed by atoms with E-state index in [1.54, 1.807) is 0 Å². The van der Waals surface area contributed by atoms with Gasteiger partial charge in [-0.25, -0.2) is 4.18 Å². The van der Waals surface area contributed by atoms with Crippen LogP contribution in [0.15, 0.2) is 11.6 Å². The molecule has 0 unspecified atom stereocenters. The number of allylic oxidation sites excluding steroid dienone is 1. The predicted octanol–water partition coefficient (Wildman–Crippen LogP) is 2.68. The summed E-state index contributed by atoms with van der Waals surface area (Å²) in [6.07, 6.45) is 7.71. The van der Waals surface area contributed by atoms with Crippen molar-refractivity contribution in [3.8, 4) is 0 Å². The van der Waals surface area contributed by atoms with Crippen LogP contribution < -0.4 is 0 Å². The highest BCUT2D eigenvalue weighted by atomic mass is 32.3. The summed E-state index contributed by atoms with van der Waals surface area (Å²) in [4.78, 5) is 12.5. The Morgan fingerprint density at radius 3 is 2.73 bits per heavy atom. The Labute approximate surface area is 155 Å². The fourth-order valence-electron chi connectivity index (χ4n) is 6.66. The average molecular weight is 384 g/mol. The zero-order valence-electron chi connectivity index (χ0n) is 15.2. The molecule has 6 atom stereocenters. The van der Waals surface area contributed by atoms with Crippen LogP contribution in [-0.4, -0.2) is 36.6 Å². The minimum Gasteiger partial charge on any atom is -0.393 e. The van der Waals surface area contributed by atoms with Crippen molar-refractivity contribution in [1.82, 2.24) is 0 Å². The van der Waals surface area contributed by atoms with Crippen molar-refractivity contribution < 1.29 is 27.1 Å². The van der Waals surface area contributed by atoms with E-state index in [2.05, 4.69) is 13.0 Å². The maximum Gasteiger partial charge on any atom is 0.397 e. The molecule has 0 aliphatic heterocycles. The molecule has 0 radical (unpaired) electrons. The summed E-state index contributed by atoms with van der Waals surface area (Å²) in [6, 6.07) is 0. The van der Waals surface area contributed by atoms with Crippen molar-refractivity contribution >= 4 is 16.2 Å². The van der Waals surface area contributed by atoms with Crippen LogP contribution >= 0.6 is 0 Å². The third-order valence-corrected chi connectivity index (χ3v) is 8.39. The van der Waals surface area contributed by atoms with Gasteiger partial charge in [-0.3, -0.25) is 9.35 Å². The van der Waals surface area contributed by atoms with E-state index < -0.39 is 21.9 Å². The first kappa shape index (κ1) is 18.6. The van der Waals surface area contributed by atoms with Crippen molar-refractivity contribution in [3.63, 3.8) is 0 Å². The maximum absolute atomic E-state index is 12.5. The molecule has 2 N–H and O–H groups in total. The molecule has 0 aromatic heterocycles. The molecule has 3 saturated carbocycles. The molecule has 0 heterocycles. The van der Waals surface area contributed by atoms with E-state index >= 15 is 0 Å². The lowest BCUT2D eigenvalue weighted by atomic mass is 9.47. The highest BCUT2D eigenvalue weighted by molar-refractivity contribution is 7.80. The van der Waals surface area contributed by atoms with Gasteiger partial charge in [0, 0.05) is 17.3 Å². The van der Waals surface area contributed by atoms with Gasteiger partial charge < -0.3 is 5.11 Å². The van der Waals surface area contributed by atoms with Gasteiger partial charge in [0.2, 0.25) is 0 Å². The molecule has 0 bridgehead atoms. The Hall–Kier alpha value is -0.760. The number of aliphatic hydroxyl groups is 1. The van der Waals surface area contributed by atoms with E-state index in [1.165, 1.54) is 0 Å². The van der Waals surface area contributed by atoms with E-state index in [0.29, 0.717) is 43.3 Å². The average Bonchev–Trinajstić information content (AvgIpc) is 2.88. The second kappa shape index (κ2) is 6.12. The number of fused-ring (bicyclic) bond motifs is 5. The number of carbonyl (C=O) groups is 1. The van der Waals surface area contributed by atoms with Gasteiger partial charge >= 0.3 is 10.4 Å². The van der Waals surface area contributed by atoms with Crippen LogP contribution in [-0.2, 0) is 19.4 Å². The number of hydrogen-bond donors (Lipinski definition) is 2. The molecule has 146 valence electrons. The topological polar surface area (TPSA) is 101 Å². The number of rotatable bonds is 3. The van der Waals surface area contributed by atoms with E-state index in [9.17, 15) is 18.3 Å². The molecule has 4 aliphatic rings. The highest BCUT2D eigenvalue weighted by Gasteiger charge is 2.60. The lowest BCUT2D eigenvalue weighted by Crippen LogP contribution is -2.53. The summed E-state index contributed by atoms with van der Waals surface area (Å²) >= 11 is 0. The van der Waals surface area contributed by atoms with Crippen molar-refractivity contribution in [2.75, 3.05) is 6.61 Å². The van der Waals surface area contributed by atoms with Gasteiger partial charge in [0.1, 0.15) is 5.78 Å². The molecule has 7 heteroatoms. The van der Waals surface area contributed by atoms with Gasteiger partial charge in [0.15, 0.2) is 0 Å². The molecule has 6 nitrogen and oxygen atoms in total. The molecular weight excluding hydrogens is 356 g/mol. The fraction of sp³-hybridized carbons (Fsp3) is 0.842. The van der Waals surface area contributed by atoms with E-state index in [0.717, 1.165) is 31.3 Å². The summed E-state index contributed by atoms with van der Waals surface area (Å²) < 4.78 is 36.6. The van der Waals surface area contributed by atoms with E-state index in [4.69, 9.17) is 8.74 Å². The third kappa shape index (κ3) is 2.79. The Morgan fingerprint density at radius 1 is 1.23 bits per heavy atom. The molecule has 0 aromatic carbocycles. The van der Waals surface area contributed by atoms with Crippen LogP contribution in [0.3, 0.4) is 0 Å². The first-order chi connectivity index (χ1) is 12.2. The molecule has 4 rings (SSSR count).